The van der Waals surface area contributed by atoms with Crippen molar-refractivity contribution < 1.29 is 4.79 Å². The van der Waals surface area contributed by atoms with Gasteiger partial charge in [0.25, 0.3) is 0 Å². The quantitative estimate of drug-likeness (QED) is 0.506. The molecular weight excluding hydrogens is 222 g/mol. The van der Waals surface area contributed by atoms with Crippen LogP contribution < -0.4 is 5.32 Å². The Hall–Kier alpha value is -1.15. The zero-order valence-corrected chi connectivity index (χ0v) is 11.4. The Kier molecular flexibility index (Phi) is 8.15. The highest BCUT2D eigenvalue weighted by Crippen LogP contribution is 2.17. The van der Waals surface area contributed by atoms with Gasteiger partial charge in [-0.3, -0.25) is 0 Å². The zero-order valence-electron chi connectivity index (χ0n) is 11.4. The molecule has 0 saturated heterocycles. The van der Waals surface area contributed by atoms with E-state index in [1.165, 1.54) is 31.2 Å². The highest BCUT2D eigenvalue weighted by molar-refractivity contribution is 5.51. The number of aldehydes is 1. The maximum Gasteiger partial charge on any atom is 0.120 e. The number of carbonyl (C=O) groups is 1. The molecule has 18 heavy (non-hydrogen) atoms. The van der Waals surface area contributed by atoms with E-state index in [2.05, 4.69) is 24.4 Å². The van der Waals surface area contributed by atoms with Gasteiger partial charge in [-0.05, 0) is 18.5 Å². The Balaban J connectivity index is 2.28. The van der Waals surface area contributed by atoms with Crippen LogP contribution in [0.15, 0.2) is 30.3 Å². The van der Waals surface area contributed by atoms with Gasteiger partial charge in [0.05, 0.1) is 0 Å². The Morgan fingerprint density at radius 1 is 1.17 bits per heavy atom. The third-order valence-corrected chi connectivity index (χ3v) is 3.25. The second kappa shape index (κ2) is 9.84. The molecule has 0 aliphatic carbocycles. The molecule has 0 bridgehead atoms. The molecule has 0 fully saturated rings. The Bertz CT molecular complexity index is 310. The first-order valence-electron chi connectivity index (χ1n) is 7.07. The summed E-state index contributed by atoms with van der Waals surface area (Å²) in [6.07, 6.45) is 6.75. The lowest BCUT2D eigenvalue weighted by Crippen LogP contribution is -2.23. The molecule has 1 atom stereocenters. The Morgan fingerprint density at radius 3 is 2.61 bits per heavy atom. The lowest BCUT2D eigenvalue weighted by molar-refractivity contribution is -0.108. The third-order valence-electron chi connectivity index (χ3n) is 3.25. The summed E-state index contributed by atoms with van der Waals surface area (Å²) in [5, 5.41) is 3.47. The van der Waals surface area contributed by atoms with E-state index in [1.54, 1.807) is 0 Å². The van der Waals surface area contributed by atoms with Crippen molar-refractivity contribution in [3.8, 4) is 0 Å². The van der Waals surface area contributed by atoms with Crippen LogP contribution in [-0.4, -0.2) is 19.4 Å². The zero-order chi connectivity index (χ0) is 13.1. The van der Waals surface area contributed by atoms with Crippen molar-refractivity contribution >= 4 is 6.29 Å². The van der Waals surface area contributed by atoms with Crippen LogP contribution in [0.5, 0.6) is 0 Å². The molecule has 0 amide bonds. The summed E-state index contributed by atoms with van der Waals surface area (Å²) in [6.45, 7) is 4.18. The molecule has 2 heteroatoms. The first-order chi connectivity index (χ1) is 8.88. The summed E-state index contributed by atoms with van der Waals surface area (Å²) in [6, 6.07) is 10.3. The summed E-state index contributed by atoms with van der Waals surface area (Å²) in [7, 11) is 0. The second-order valence-electron chi connectivity index (χ2n) is 4.77. The molecule has 1 unspecified atom stereocenters. The van der Waals surface area contributed by atoms with Crippen LogP contribution in [0.25, 0.3) is 0 Å². The van der Waals surface area contributed by atoms with Crippen molar-refractivity contribution in [1.82, 2.24) is 5.32 Å². The average molecular weight is 247 g/mol. The van der Waals surface area contributed by atoms with Crippen molar-refractivity contribution in [2.24, 2.45) is 0 Å². The van der Waals surface area contributed by atoms with Gasteiger partial charge in [-0.1, -0.05) is 56.5 Å². The number of rotatable bonds is 10. The van der Waals surface area contributed by atoms with Gasteiger partial charge in [-0.25, -0.2) is 0 Å². The van der Waals surface area contributed by atoms with Gasteiger partial charge in [-0.2, -0.15) is 0 Å². The van der Waals surface area contributed by atoms with Crippen molar-refractivity contribution in [3.63, 3.8) is 0 Å². The molecule has 1 rings (SSSR count). The molecule has 0 spiro atoms. The van der Waals surface area contributed by atoms with E-state index in [1.807, 2.05) is 18.2 Å². The maximum absolute atomic E-state index is 10.7. The number of hydrogen-bond acceptors (Lipinski definition) is 2. The van der Waals surface area contributed by atoms with E-state index < -0.39 is 0 Å². The fourth-order valence-electron chi connectivity index (χ4n) is 2.13. The van der Waals surface area contributed by atoms with Gasteiger partial charge in [0, 0.05) is 18.9 Å². The third kappa shape index (κ3) is 5.97. The van der Waals surface area contributed by atoms with Crippen LogP contribution >= 0.6 is 0 Å². The Labute approximate surface area is 111 Å². The van der Waals surface area contributed by atoms with E-state index in [0.717, 1.165) is 19.4 Å². The van der Waals surface area contributed by atoms with E-state index in [4.69, 9.17) is 0 Å². The van der Waals surface area contributed by atoms with Crippen LogP contribution in [0.3, 0.4) is 0 Å². The predicted octanol–water partition coefficient (Wildman–Crippen LogP) is 3.53. The molecule has 1 aromatic carbocycles. The summed E-state index contributed by atoms with van der Waals surface area (Å²) in [5.41, 5.74) is 1.26. The van der Waals surface area contributed by atoms with Crippen molar-refractivity contribution in [2.75, 3.05) is 13.1 Å². The first-order valence-corrected chi connectivity index (χ1v) is 7.07. The number of nitrogens with one attached hydrogen (secondary N) is 1. The standard InChI is InChI=1S/C16H25NO/c1-2-3-4-8-12-17-14-16(11-13-18)15-9-6-5-7-10-15/h5-7,9-10,13,16-17H,2-4,8,11-12,14H2,1H3. The van der Waals surface area contributed by atoms with Gasteiger partial charge in [-0.15, -0.1) is 0 Å². The van der Waals surface area contributed by atoms with Crippen molar-refractivity contribution in [3.05, 3.63) is 35.9 Å². The molecule has 1 aromatic rings. The molecule has 0 aliphatic heterocycles. The van der Waals surface area contributed by atoms with Crippen molar-refractivity contribution in [2.45, 2.75) is 44.9 Å². The van der Waals surface area contributed by atoms with E-state index >= 15 is 0 Å². The summed E-state index contributed by atoms with van der Waals surface area (Å²) in [5.74, 6) is 0.315. The number of unbranched alkanes of at least 4 members (excludes halogenated alkanes) is 3. The van der Waals surface area contributed by atoms with E-state index in [9.17, 15) is 4.79 Å². The van der Waals surface area contributed by atoms with Gasteiger partial charge < -0.3 is 10.1 Å². The minimum atomic E-state index is 0.315. The van der Waals surface area contributed by atoms with Crippen LogP contribution in [0.2, 0.25) is 0 Å². The SMILES string of the molecule is CCCCCCNCC(CC=O)c1ccccc1. The lowest BCUT2D eigenvalue weighted by atomic mass is 9.96. The average Bonchev–Trinajstić information content (AvgIpc) is 2.42. The lowest BCUT2D eigenvalue weighted by Gasteiger charge is -2.15. The highest BCUT2D eigenvalue weighted by Gasteiger charge is 2.09. The van der Waals surface area contributed by atoms with Crippen LogP contribution in [0.4, 0.5) is 0 Å². The minimum Gasteiger partial charge on any atom is -0.316 e. The van der Waals surface area contributed by atoms with Crippen LogP contribution in [0.1, 0.15) is 50.5 Å². The van der Waals surface area contributed by atoms with Crippen LogP contribution in [0, 0.1) is 0 Å². The number of carbonyl (C=O) groups excluding carboxylic acids is 1. The van der Waals surface area contributed by atoms with Gasteiger partial charge in [0.2, 0.25) is 0 Å². The number of hydrogen-bond donors (Lipinski definition) is 1. The topological polar surface area (TPSA) is 29.1 Å². The predicted molar refractivity (Wildman–Crippen MR) is 76.9 cm³/mol. The number of benzene rings is 1. The van der Waals surface area contributed by atoms with E-state index in [0.29, 0.717) is 12.3 Å². The van der Waals surface area contributed by atoms with Crippen molar-refractivity contribution in [1.29, 1.82) is 0 Å². The summed E-state index contributed by atoms with van der Waals surface area (Å²) in [4.78, 5) is 10.7. The summed E-state index contributed by atoms with van der Waals surface area (Å²) < 4.78 is 0. The molecule has 0 aromatic heterocycles. The summed E-state index contributed by atoms with van der Waals surface area (Å²) >= 11 is 0. The molecule has 0 aliphatic rings. The molecule has 0 heterocycles. The highest BCUT2D eigenvalue weighted by atomic mass is 16.1. The van der Waals surface area contributed by atoms with Gasteiger partial charge in [0.1, 0.15) is 6.29 Å². The first kappa shape index (κ1) is 14.9. The van der Waals surface area contributed by atoms with Gasteiger partial charge >= 0.3 is 0 Å². The molecular formula is C16H25NO. The van der Waals surface area contributed by atoms with Crippen LogP contribution in [-0.2, 0) is 4.79 Å². The smallest absolute Gasteiger partial charge is 0.120 e. The molecule has 2 nitrogen and oxygen atoms in total. The molecule has 1 N–H and O–H groups in total. The maximum atomic E-state index is 10.7. The fourth-order valence-corrected chi connectivity index (χ4v) is 2.13. The Morgan fingerprint density at radius 2 is 1.94 bits per heavy atom. The second-order valence-corrected chi connectivity index (χ2v) is 4.77. The molecule has 0 radical (unpaired) electrons. The molecule has 0 saturated carbocycles. The molecule has 100 valence electrons. The monoisotopic (exact) mass is 247 g/mol. The largest absolute Gasteiger partial charge is 0.316 e. The van der Waals surface area contributed by atoms with Gasteiger partial charge in [0.15, 0.2) is 0 Å². The fraction of sp³-hybridized carbons (Fsp3) is 0.562. The minimum absolute atomic E-state index is 0.315. The van der Waals surface area contributed by atoms with E-state index in [-0.39, 0.29) is 0 Å². The normalized spacial score (nSPS) is 12.3.